The second kappa shape index (κ2) is 4.53. The fourth-order valence-electron chi connectivity index (χ4n) is 1.94. The van der Waals surface area contributed by atoms with Crippen LogP contribution in [0.4, 0.5) is 0 Å². The van der Waals surface area contributed by atoms with Gasteiger partial charge in [0.2, 0.25) is 0 Å². The zero-order chi connectivity index (χ0) is 13.2. The molecule has 0 bridgehead atoms. The van der Waals surface area contributed by atoms with Gasteiger partial charge in [0, 0.05) is 5.39 Å². The number of carbonyl (C=O) groups is 1. The van der Waals surface area contributed by atoms with Crippen LogP contribution < -0.4 is 0 Å². The lowest BCUT2D eigenvalue weighted by Gasteiger charge is -2.03. The van der Waals surface area contributed by atoms with E-state index >= 15 is 0 Å². The molecule has 1 aromatic carbocycles. The predicted molar refractivity (Wildman–Crippen MR) is 70.0 cm³/mol. The van der Waals surface area contributed by atoms with Crippen molar-refractivity contribution in [1.82, 2.24) is 14.8 Å². The molecule has 3 rings (SSSR count). The van der Waals surface area contributed by atoms with Crippen molar-refractivity contribution < 1.29 is 9.90 Å². The molecule has 2 aromatic heterocycles. The summed E-state index contributed by atoms with van der Waals surface area (Å²) in [5, 5.41) is 14.1. The number of carboxylic acid groups (broad SMARTS) is 1. The van der Waals surface area contributed by atoms with Gasteiger partial charge in [0.1, 0.15) is 0 Å². The van der Waals surface area contributed by atoms with Crippen LogP contribution in [0.15, 0.2) is 48.7 Å². The Morgan fingerprint density at radius 3 is 2.68 bits per heavy atom. The molecule has 2 heterocycles. The van der Waals surface area contributed by atoms with Gasteiger partial charge in [0.25, 0.3) is 0 Å². The number of aromatic carboxylic acids is 1. The van der Waals surface area contributed by atoms with Crippen LogP contribution in [-0.2, 0) is 6.54 Å². The van der Waals surface area contributed by atoms with E-state index in [2.05, 4.69) is 10.1 Å². The normalized spacial score (nSPS) is 10.7. The van der Waals surface area contributed by atoms with Gasteiger partial charge >= 0.3 is 5.97 Å². The first-order valence-electron chi connectivity index (χ1n) is 5.84. The average molecular weight is 253 g/mol. The van der Waals surface area contributed by atoms with Crippen LogP contribution in [0, 0.1) is 0 Å². The highest BCUT2D eigenvalue weighted by molar-refractivity contribution is 5.88. The van der Waals surface area contributed by atoms with Crippen molar-refractivity contribution in [1.29, 1.82) is 0 Å². The second-order valence-electron chi connectivity index (χ2n) is 4.20. The van der Waals surface area contributed by atoms with E-state index in [0.717, 1.165) is 10.9 Å². The maximum absolute atomic E-state index is 10.9. The maximum Gasteiger partial charge on any atom is 0.354 e. The Bertz CT molecular complexity index is 735. The molecule has 0 atom stereocenters. The Kier molecular flexibility index (Phi) is 2.72. The van der Waals surface area contributed by atoms with E-state index in [1.54, 1.807) is 16.9 Å². The van der Waals surface area contributed by atoms with E-state index in [-0.39, 0.29) is 5.69 Å². The summed E-state index contributed by atoms with van der Waals surface area (Å²) >= 11 is 0. The van der Waals surface area contributed by atoms with Gasteiger partial charge in [-0.1, -0.05) is 30.3 Å². The fraction of sp³-hybridized carbons (Fsp3) is 0.0714. The van der Waals surface area contributed by atoms with Gasteiger partial charge in [-0.3, -0.25) is 0 Å². The number of hydrogen-bond acceptors (Lipinski definition) is 3. The summed E-state index contributed by atoms with van der Waals surface area (Å²) in [4.78, 5) is 15.1. The first kappa shape index (κ1) is 11.4. The van der Waals surface area contributed by atoms with Crippen molar-refractivity contribution in [3.63, 3.8) is 0 Å². The Hall–Kier alpha value is -2.69. The molecular weight excluding hydrogens is 242 g/mol. The number of aromatic nitrogens is 3. The summed E-state index contributed by atoms with van der Waals surface area (Å²) in [6.45, 7) is 0.570. The topological polar surface area (TPSA) is 68.0 Å². The van der Waals surface area contributed by atoms with Crippen molar-refractivity contribution in [3.05, 3.63) is 59.9 Å². The van der Waals surface area contributed by atoms with E-state index in [9.17, 15) is 4.79 Å². The highest BCUT2D eigenvalue weighted by Gasteiger charge is 2.09. The van der Waals surface area contributed by atoms with Crippen molar-refractivity contribution in [2.24, 2.45) is 0 Å². The molecule has 0 radical (unpaired) electrons. The Balaban J connectivity index is 2.04. The summed E-state index contributed by atoms with van der Waals surface area (Å²) in [6.07, 6.45) is 1.69. The quantitative estimate of drug-likeness (QED) is 0.776. The molecule has 3 aromatic rings. The predicted octanol–water partition coefficient (Wildman–Crippen LogP) is 2.18. The first-order chi connectivity index (χ1) is 9.24. The summed E-state index contributed by atoms with van der Waals surface area (Å²) in [6, 6.07) is 13.1. The van der Waals surface area contributed by atoms with Crippen LogP contribution in [0.5, 0.6) is 0 Å². The molecule has 94 valence electrons. The average Bonchev–Trinajstić information content (AvgIpc) is 2.82. The van der Waals surface area contributed by atoms with Crippen molar-refractivity contribution in [3.8, 4) is 0 Å². The largest absolute Gasteiger partial charge is 0.477 e. The maximum atomic E-state index is 10.9. The summed E-state index contributed by atoms with van der Waals surface area (Å²) in [7, 11) is 0. The number of hydrogen-bond donors (Lipinski definition) is 1. The SMILES string of the molecule is O=C(O)c1ccc2cnn(Cc3ccccc3)c2n1. The molecular formula is C14H11N3O2. The number of rotatable bonds is 3. The molecule has 0 aliphatic carbocycles. The van der Waals surface area contributed by atoms with E-state index in [1.807, 2.05) is 30.3 Å². The minimum absolute atomic E-state index is 0.0299. The van der Waals surface area contributed by atoms with Gasteiger partial charge in [-0.05, 0) is 17.7 Å². The highest BCUT2D eigenvalue weighted by Crippen LogP contribution is 2.14. The van der Waals surface area contributed by atoms with Gasteiger partial charge in [-0.2, -0.15) is 5.10 Å². The molecule has 0 aliphatic rings. The molecule has 0 spiro atoms. The molecule has 5 heteroatoms. The Morgan fingerprint density at radius 1 is 1.16 bits per heavy atom. The van der Waals surface area contributed by atoms with Crippen molar-refractivity contribution >= 4 is 17.0 Å². The number of nitrogens with zero attached hydrogens (tertiary/aromatic N) is 3. The number of fused-ring (bicyclic) bond motifs is 1. The van der Waals surface area contributed by atoms with E-state index in [1.165, 1.54) is 6.07 Å². The molecule has 19 heavy (non-hydrogen) atoms. The lowest BCUT2D eigenvalue weighted by Crippen LogP contribution is -2.05. The Morgan fingerprint density at radius 2 is 1.95 bits per heavy atom. The van der Waals surface area contributed by atoms with Crippen molar-refractivity contribution in [2.75, 3.05) is 0 Å². The van der Waals surface area contributed by atoms with Gasteiger partial charge in [-0.15, -0.1) is 0 Å². The van der Waals surface area contributed by atoms with Gasteiger partial charge < -0.3 is 5.11 Å². The van der Waals surface area contributed by atoms with Crippen LogP contribution in [0.2, 0.25) is 0 Å². The zero-order valence-corrected chi connectivity index (χ0v) is 10.0. The molecule has 1 N–H and O–H groups in total. The minimum Gasteiger partial charge on any atom is -0.477 e. The van der Waals surface area contributed by atoms with Crippen LogP contribution in [0.3, 0.4) is 0 Å². The summed E-state index contributed by atoms with van der Waals surface area (Å²) < 4.78 is 1.71. The zero-order valence-electron chi connectivity index (χ0n) is 10.0. The molecule has 0 saturated carbocycles. The molecule has 5 nitrogen and oxygen atoms in total. The van der Waals surface area contributed by atoms with E-state index < -0.39 is 5.97 Å². The number of pyridine rings is 1. The van der Waals surface area contributed by atoms with E-state index in [0.29, 0.717) is 12.2 Å². The fourth-order valence-corrected chi connectivity index (χ4v) is 1.94. The molecule has 0 fully saturated rings. The third-order valence-corrected chi connectivity index (χ3v) is 2.88. The van der Waals surface area contributed by atoms with Crippen LogP contribution in [0.1, 0.15) is 16.1 Å². The summed E-state index contributed by atoms with van der Waals surface area (Å²) in [5.41, 5.74) is 1.71. The van der Waals surface area contributed by atoms with Gasteiger partial charge in [0.05, 0.1) is 12.7 Å². The Labute approximate surface area is 109 Å². The standard InChI is InChI=1S/C14H11N3O2/c18-14(19)12-7-6-11-8-15-17(13(11)16-12)9-10-4-2-1-3-5-10/h1-8H,9H2,(H,18,19). The van der Waals surface area contributed by atoms with Crippen LogP contribution in [0.25, 0.3) is 11.0 Å². The lowest BCUT2D eigenvalue weighted by atomic mass is 10.2. The number of benzene rings is 1. The van der Waals surface area contributed by atoms with Gasteiger partial charge in [0.15, 0.2) is 11.3 Å². The summed E-state index contributed by atoms with van der Waals surface area (Å²) in [5.74, 6) is -1.03. The molecule has 0 saturated heterocycles. The van der Waals surface area contributed by atoms with Crippen molar-refractivity contribution in [2.45, 2.75) is 6.54 Å². The third-order valence-electron chi connectivity index (χ3n) is 2.88. The number of carboxylic acids is 1. The lowest BCUT2D eigenvalue weighted by molar-refractivity contribution is 0.0691. The third kappa shape index (κ3) is 2.18. The molecule has 0 amide bonds. The molecule has 0 aliphatic heterocycles. The van der Waals surface area contributed by atoms with E-state index in [4.69, 9.17) is 5.11 Å². The van der Waals surface area contributed by atoms with Crippen LogP contribution in [-0.4, -0.2) is 25.8 Å². The van der Waals surface area contributed by atoms with Gasteiger partial charge in [-0.25, -0.2) is 14.5 Å². The molecule has 0 unspecified atom stereocenters. The first-order valence-corrected chi connectivity index (χ1v) is 5.84. The monoisotopic (exact) mass is 253 g/mol. The minimum atomic E-state index is -1.03. The van der Waals surface area contributed by atoms with Crippen LogP contribution >= 0.6 is 0 Å². The second-order valence-corrected chi connectivity index (χ2v) is 4.20. The smallest absolute Gasteiger partial charge is 0.354 e. The highest BCUT2D eigenvalue weighted by atomic mass is 16.4.